The minimum Gasteiger partial charge on any atom is -0.434 e. The molecular weight excluding hydrogens is 350 g/mol. The molecule has 0 spiro atoms. The number of hydrogen-bond donors (Lipinski definition) is 1. The van der Waals surface area contributed by atoms with Gasteiger partial charge in [0.25, 0.3) is 5.88 Å². The number of nitro groups is 1. The topological polar surface area (TPSA) is 132 Å². The van der Waals surface area contributed by atoms with E-state index in [4.69, 9.17) is 20.1 Å². The zero-order chi connectivity index (χ0) is 19.1. The molecule has 1 atom stereocenters. The summed E-state index contributed by atoms with van der Waals surface area (Å²) in [6.45, 7) is 0. The summed E-state index contributed by atoms with van der Waals surface area (Å²) in [6, 6.07) is 14.8. The third-order valence-electron chi connectivity index (χ3n) is 4.40. The third-order valence-corrected chi connectivity index (χ3v) is 4.40. The van der Waals surface area contributed by atoms with Crippen molar-refractivity contribution < 1.29 is 14.1 Å². The SMILES string of the molecule is N#Cc1ccc([C@@H]2C([N+](=O)[O-])=C(N)Oc3c2c(=O)oc2ccccc32)cc1. The molecule has 2 heterocycles. The number of nitrogens with two attached hydrogens (primary N) is 1. The van der Waals surface area contributed by atoms with Crippen LogP contribution in [0.3, 0.4) is 0 Å². The standard InChI is InChI=1S/C19H11N3O5/c20-9-10-5-7-11(8-6-10)14-15-17(27-18(21)16(14)22(24)25)12-3-1-2-4-13(12)26-19(15)23/h1-8,14H,21H2/t14-/m0/s1. The van der Waals surface area contributed by atoms with Crippen molar-refractivity contribution in [1.82, 2.24) is 0 Å². The van der Waals surface area contributed by atoms with Gasteiger partial charge in [-0.2, -0.15) is 5.26 Å². The van der Waals surface area contributed by atoms with Crippen LogP contribution in [0.25, 0.3) is 11.0 Å². The molecule has 8 heteroatoms. The summed E-state index contributed by atoms with van der Waals surface area (Å²) >= 11 is 0. The molecule has 132 valence electrons. The van der Waals surface area contributed by atoms with Gasteiger partial charge in [0.2, 0.25) is 0 Å². The Labute approximate surface area is 151 Å². The van der Waals surface area contributed by atoms with E-state index in [9.17, 15) is 14.9 Å². The largest absolute Gasteiger partial charge is 0.434 e. The van der Waals surface area contributed by atoms with E-state index in [1.807, 2.05) is 6.07 Å². The predicted octanol–water partition coefficient (Wildman–Crippen LogP) is 2.59. The quantitative estimate of drug-likeness (QED) is 0.421. The van der Waals surface area contributed by atoms with Gasteiger partial charge in [-0.1, -0.05) is 24.3 Å². The van der Waals surface area contributed by atoms with Crippen LogP contribution in [-0.4, -0.2) is 4.92 Å². The molecule has 1 aliphatic heterocycles. The molecule has 27 heavy (non-hydrogen) atoms. The lowest BCUT2D eigenvalue weighted by Crippen LogP contribution is -2.29. The molecule has 3 aromatic rings. The average molecular weight is 361 g/mol. The fourth-order valence-electron chi connectivity index (χ4n) is 3.21. The Morgan fingerprint density at radius 2 is 1.85 bits per heavy atom. The fourth-order valence-corrected chi connectivity index (χ4v) is 3.21. The van der Waals surface area contributed by atoms with Crippen LogP contribution in [0, 0.1) is 21.4 Å². The highest BCUT2D eigenvalue weighted by Gasteiger charge is 2.42. The summed E-state index contributed by atoms with van der Waals surface area (Å²) in [4.78, 5) is 23.7. The predicted molar refractivity (Wildman–Crippen MR) is 94.3 cm³/mol. The van der Waals surface area contributed by atoms with E-state index in [0.29, 0.717) is 16.5 Å². The lowest BCUT2D eigenvalue weighted by Gasteiger charge is -2.24. The van der Waals surface area contributed by atoms with E-state index >= 15 is 0 Å². The number of nitriles is 1. The second kappa shape index (κ2) is 6.00. The van der Waals surface area contributed by atoms with Gasteiger partial charge in [-0.05, 0) is 29.8 Å². The zero-order valence-electron chi connectivity index (χ0n) is 13.7. The number of ether oxygens (including phenoxy) is 1. The van der Waals surface area contributed by atoms with Crippen LogP contribution in [0.2, 0.25) is 0 Å². The van der Waals surface area contributed by atoms with Crippen molar-refractivity contribution in [3.8, 4) is 11.8 Å². The van der Waals surface area contributed by atoms with Gasteiger partial charge >= 0.3 is 11.3 Å². The van der Waals surface area contributed by atoms with Crippen LogP contribution < -0.4 is 16.1 Å². The van der Waals surface area contributed by atoms with Crippen molar-refractivity contribution in [3.05, 3.63) is 97.3 Å². The van der Waals surface area contributed by atoms with Gasteiger partial charge in [-0.15, -0.1) is 0 Å². The van der Waals surface area contributed by atoms with E-state index in [-0.39, 0.29) is 16.9 Å². The Balaban J connectivity index is 2.06. The zero-order valence-corrected chi connectivity index (χ0v) is 13.7. The highest BCUT2D eigenvalue weighted by Crippen LogP contribution is 2.43. The van der Waals surface area contributed by atoms with Crippen LogP contribution in [0.4, 0.5) is 0 Å². The van der Waals surface area contributed by atoms with Crippen molar-refractivity contribution in [2.45, 2.75) is 5.92 Å². The summed E-state index contributed by atoms with van der Waals surface area (Å²) in [5, 5.41) is 21.1. The van der Waals surface area contributed by atoms with Gasteiger partial charge in [-0.25, -0.2) is 4.79 Å². The van der Waals surface area contributed by atoms with Crippen LogP contribution in [0.15, 0.2) is 69.3 Å². The molecule has 1 aliphatic rings. The molecule has 0 saturated heterocycles. The third kappa shape index (κ3) is 2.49. The first-order valence-electron chi connectivity index (χ1n) is 7.89. The number of fused-ring (bicyclic) bond motifs is 3. The number of hydrogen-bond acceptors (Lipinski definition) is 7. The Morgan fingerprint density at radius 3 is 2.52 bits per heavy atom. The monoisotopic (exact) mass is 361 g/mol. The maximum Gasteiger partial charge on any atom is 0.344 e. The molecule has 0 amide bonds. The van der Waals surface area contributed by atoms with Gasteiger partial charge < -0.3 is 14.9 Å². The summed E-state index contributed by atoms with van der Waals surface area (Å²) in [7, 11) is 0. The van der Waals surface area contributed by atoms with Gasteiger partial charge in [0.05, 0.1) is 27.5 Å². The first kappa shape index (κ1) is 16.4. The Bertz CT molecular complexity index is 1220. The molecule has 2 aromatic carbocycles. The number of para-hydroxylation sites is 1. The lowest BCUT2D eigenvalue weighted by atomic mass is 9.86. The molecule has 0 fully saturated rings. The average Bonchev–Trinajstić information content (AvgIpc) is 2.67. The highest BCUT2D eigenvalue weighted by atomic mass is 16.6. The maximum atomic E-state index is 12.7. The second-order valence-electron chi connectivity index (χ2n) is 5.90. The smallest absolute Gasteiger partial charge is 0.344 e. The number of nitrogens with zero attached hydrogens (tertiary/aromatic N) is 2. The lowest BCUT2D eigenvalue weighted by molar-refractivity contribution is -0.432. The number of benzene rings is 2. The molecular formula is C19H11N3O5. The summed E-state index contributed by atoms with van der Waals surface area (Å²) in [6.07, 6.45) is 0. The molecule has 0 radical (unpaired) electrons. The van der Waals surface area contributed by atoms with Crippen LogP contribution in [0.1, 0.15) is 22.6 Å². The molecule has 8 nitrogen and oxygen atoms in total. The summed E-state index contributed by atoms with van der Waals surface area (Å²) in [5.74, 6) is -1.34. The minimum atomic E-state index is -1.09. The molecule has 4 rings (SSSR count). The van der Waals surface area contributed by atoms with Gasteiger partial charge in [0.1, 0.15) is 11.5 Å². The molecule has 1 aromatic heterocycles. The van der Waals surface area contributed by atoms with Gasteiger partial charge in [0, 0.05) is 0 Å². The fraction of sp³-hybridized carbons (Fsp3) is 0.0526. The molecule has 0 saturated carbocycles. The minimum absolute atomic E-state index is 0.000641. The van der Waals surface area contributed by atoms with E-state index in [1.165, 1.54) is 12.1 Å². The van der Waals surface area contributed by atoms with Crippen molar-refractivity contribution in [2.24, 2.45) is 5.73 Å². The van der Waals surface area contributed by atoms with E-state index in [1.54, 1.807) is 36.4 Å². The summed E-state index contributed by atoms with van der Waals surface area (Å²) < 4.78 is 10.8. The molecule has 0 bridgehead atoms. The highest BCUT2D eigenvalue weighted by molar-refractivity contribution is 5.85. The first-order valence-corrected chi connectivity index (χ1v) is 7.89. The van der Waals surface area contributed by atoms with Crippen LogP contribution >= 0.6 is 0 Å². The number of rotatable bonds is 2. The second-order valence-corrected chi connectivity index (χ2v) is 5.90. The molecule has 0 unspecified atom stereocenters. The van der Waals surface area contributed by atoms with E-state index in [0.717, 1.165) is 0 Å². The molecule has 0 aliphatic carbocycles. The van der Waals surface area contributed by atoms with Crippen LogP contribution in [0.5, 0.6) is 5.75 Å². The maximum absolute atomic E-state index is 12.7. The van der Waals surface area contributed by atoms with Crippen molar-refractivity contribution in [3.63, 3.8) is 0 Å². The van der Waals surface area contributed by atoms with Crippen LogP contribution in [-0.2, 0) is 0 Å². The Kier molecular flexibility index (Phi) is 3.63. The summed E-state index contributed by atoms with van der Waals surface area (Å²) in [5.41, 5.74) is 5.76. The van der Waals surface area contributed by atoms with Gasteiger partial charge in [0.15, 0.2) is 5.75 Å². The van der Waals surface area contributed by atoms with Gasteiger partial charge in [-0.3, -0.25) is 10.1 Å². The van der Waals surface area contributed by atoms with E-state index < -0.39 is 28.0 Å². The Morgan fingerprint density at radius 1 is 1.15 bits per heavy atom. The molecule has 2 N–H and O–H groups in total. The normalized spacial score (nSPS) is 15.7. The van der Waals surface area contributed by atoms with Crippen molar-refractivity contribution >= 4 is 11.0 Å². The van der Waals surface area contributed by atoms with Crippen molar-refractivity contribution in [2.75, 3.05) is 0 Å². The van der Waals surface area contributed by atoms with E-state index in [2.05, 4.69) is 0 Å². The Hall–Kier alpha value is -4.12. The first-order chi connectivity index (χ1) is 13.0. The number of allylic oxidation sites excluding steroid dienone is 1. The van der Waals surface area contributed by atoms with Crippen molar-refractivity contribution in [1.29, 1.82) is 5.26 Å².